The molecule has 2 aliphatic heterocycles. The van der Waals surface area contributed by atoms with E-state index in [1.54, 1.807) is 12.1 Å². The van der Waals surface area contributed by atoms with E-state index in [0.717, 1.165) is 53.6 Å². The number of hydrogen-bond donors (Lipinski definition) is 1. The van der Waals surface area contributed by atoms with Gasteiger partial charge in [0.2, 0.25) is 0 Å². The van der Waals surface area contributed by atoms with Crippen molar-refractivity contribution in [2.45, 2.75) is 44.8 Å². The molecule has 0 fully saturated rings. The Morgan fingerprint density at radius 2 is 1.97 bits per heavy atom. The Bertz CT molecular complexity index is 1060. The first-order chi connectivity index (χ1) is 14.2. The van der Waals surface area contributed by atoms with E-state index < -0.39 is 6.10 Å². The van der Waals surface area contributed by atoms with Crippen molar-refractivity contribution in [2.75, 3.05) is 5.32 Å². The summed E-state index contributed by atoms with van der Waals surface area (Å²) in [5, 5.41) is 12.3. The van der Waals surface area contributed by atoms with Crippen LogP contribution in [0, 0.1) is 0 Å². The summed E-state index contributed by atoms with van der Waals surface area (Å²) in [5.41, 5.74) is 2.69. The van der Waals surface area contributed by atoms with Crippen LogP contribution in [0.4, 0.5) is 5.69 Å². The van der Waals surface area contributed by atoms with E-state index >= 15 is 0 Å². The van der Waals surface area contributed by atoms with E-state index in [1.807, 2.05) is 30.3 Å². The molecule has 0 saturated carbocycles. The molecule has 148 valence electrons. The average Bonchev–Trinajstić information content (AvgIpc) is 3.25. The van der Waals surface area contributed by atoms with Crippen LogP contribution in [0.2, 0.25) is 5.02 Å². The zero-order valence-corrected chi connectivity index (χ0v) is 16.7. The van der Waals surface area contributed by atoms with Gasteiger partial charge in [-0.2, -0.15) is 0 Å². The van der Waals surface area contributed by atoms with Crippen LogP contribution < -0.4 is 10.1 Å². The van der Waals surface area contributed by atoms with E-state index in [2.05, 4.69) is 20.1 Å². The van der Waals surface area contributed by atoms with Gasteiger partial charge in [-0.05, 0) is 60.9 Å². The predicted octanol–water partition coefficient (Wildman–Crippen LogP) is 4.27. The Hall–Kier alpha value is -2.86. The highest BCUT2D eigenvalue weighted by atomic mass is 35.5. The summed E-state index contributed by atoms with van der Waals surface area (Å²) in [5.74, 6) is 2.51. The minimum Gasteiger partial charge on any atom is -0.480 e. The third-order valence-corrected chi connectivity index (χ3v) is 5.74. The lowest BCUT2D eigenvalue weighted by atomic mass is 10.1. The lowest BCUT2D eigenvalue weighted by molar-refractivity contribution is -0.122. The second-order valence-corrected chi connectivity index (χ2v) is 7.97. The normalized spacial score (nSPS) is 17.8. The molecule has 1 N–H and O–H groups in total. The number of ether oxygens (including phenoxy) is 1. The standard InChI is InChI=1S/C22H21ClN4O2/c23-16-7-10-18-15(12-16)13-19(29-18)22(28)24-17-8-5-14(6-9-17)21-26-25-20-4-2-1-3-11-27(20)21/h5-10,12,19H,1-4,11,13H2,(H,24,28). The molecule has 7 heteroatoms. The zero-order chi connectivity index (χ0) is 19.8. The highest BCUT2D eigenvalue weighted by Gasteiger charge is 2.29. The fourth-order valence-electron chi connectivity index (χ4n) is 3.99. The molecule has 1 aromatic heterocycles. The average molecular weight is 409 g/mol. The summed E-state index contributed by atoms with van der Waals surface area (Å²) < 4.78 is 7.98. The van der Waals surface area contributed by atoms with Crippen LogP contribution in [0.3, 0.4) is 0 Å². The zero-order valence-electron chi connectivity index (χ0n) is 15.9. The monoisotopic (exact) mass is 408 g/mol. The Kier molecular flexibility index (Phi) is 4.72. The van der Waals surface area contributed by atoms with Gasteiger partial charge in [-0.25, -0.2) is 0 Å². The number of rotatable bonds is 3. The Morgan fingerprint density at radius 1 is 1.10 bits per heavy atom. The Labute approximate surface area is 173 Å². The molecule has 2 aromatic carbocycles. The smallest absolute Gasteiger partial charge is 0.265 e. The molecular formula is C22H21ClN4O2. The molecule has 0 bridgehead atoms. The predicted molar refractivity (Wildman–Crippen MR) is 111 cm³/mol. The number of nitrogens with one attached hydrogen (secondary N) is 1. The molecule has 2 aliphatic rings. The first-order valence-corrected chi connectivity index (χ1v) is 10.3. The maximum absolute atomic E-state index is 12.6. The number of amides is 1. The van der Waals surface area contributed by atoms with Gasteiger partial charge in [0.25, 0.3) is 5.91 Å². The fourth-order valence-corrected chi connectivity index (χ4v) is 4.18. The number of carbonyl (C=O) groups excluding carboxylic acids is 1. The molecule has 6 nitrogen and oxygen atoms in total. The topological polar surface area (TPSA) is 69.0 Å². The van der Waals surface area contributed by atoms with Gasteiger partial charge in [-0.1, -0.05) is 18.0 Å². The van der Waals surface area contributed by atoms with Crippen molar-refractivity contribution in [1.29, 1.82) is 0 Å². The Balaban J connectivity index is 1.28. The highest BCUT2D eigenvalue weighted by Crippen LogP contribution is 2.31. The van der Waals surface area contributed by atoms with Crippen LogP contribution in [0.5, 0.6) is 5.75 Å². The van der Waals surface area contributed by atoms with Crippen LogP contribution >= 0.6 is 11.6 Å². The summed E-state index contributed by atoms with van der Waals surface area (Å²) in [6.07, 6.45) is 4.51. The first kappa shape index (κ1) is 18.2. The summed E-state index contributed by atoms with van der Waals surface area (Å²) in [6, 6.07) is 13.2. The van der Waals surface area contributed by atoms with Gasteiger partial charge in [0.05, 0.1) is 0 Å². The van der Waals surface area contributed by atoms with Gasteiger partial charge < -0.3 is 14.6 Å². The van der Waals surface area contributed by atoms with Crippen LogP contribution in [0.1, 0.15) is 30.7 Å². The third-order valence-electron chi connectivity index (χ3n) is 5.51. The minimum absolute atomic E-state index is 0.165. The van der Waals surface area contributed by atoms with Crippen molar-refractivity contribution in [3.63, 3.8) is 0 Å². The van der Waals surface area contributed by atoms with Gasteiger partial charge in [-0.15, -0.1) is 10.2 Å². The fraction of sp³-hybridized carbons (Fsp3) is 0.318. The van der Waals surface area contributed by atoms with Gasteiger partial charge >= 0.3 is 0 Å². The lowest BCUT2D eigenvalue weighted by Crippen LogP contribution is -2.31. The minimum atomic E-state index is -0.546. The van der Waals surface area contributed by atoms with E-state index in [9.17, 15) is 4.79 Å². The maximum Gasteiger partial charge on any atom is 0.265 e. The van der Waals surface area contributed by atoms with Gasteiger partial charge in [0.15, 0.2) is 11.9 Å². The van der Waals surface area contributed by atoms with Crippen molar-refractivity contribution in [1.82, 2.24) is 14.8 Å². The number of hydrogen-bond acceptors (Lipinski definition) is 4. The van der Waals surface area contributed by atoms with Crippen LogP contribution in [-0.4, -0.2) is 26.8 Å². The van der Waals surface area contributed by atoms with Gasteiger partial charge in [-0.3, -0.25) is 4.79 Å². The maximum atomic E-state index is 12.6. The van der Waals surface area contributed by atoms with Crippen LogP contribution in [-0.2, 0) is 24.2 Å². The molecule has 0 saturated heterocycles. The number of aryl methyl sites for hydroxylation is 1. The second kappa shape index (κ2) is 7.52. The summed E-state index contributed by atoms with van der Waals surface area (Å²) >= 11 is 6.02. The number of benzene rings is 2. The number of aromatic nitrogens is 3. The lowest BCUT2D eigenvalue weighted by Gasteiger charge is -2.12. The van der Waals surface area contributed by atoms with Crippen molar-refractivity contribution in [2.24, 2.45) is 0 Å². The van der Waals surface area contributed by atoms with E-state index in [1.165, 1.54) is 12.8 Å². The molecular weight excluding hydrogens is 388 g/mol. The molecule has 0 aliphatic carbocycles. The molecule has 5 rings (SSSR count). The molecule has 0 radical (unpaired) electrons. The van der Waals surface area contributed by atoms with Crippen molar-refractivity contribution in [3.05, 3.63) is 58.9 Å². The third kappa shape index (κ3) is 3.60. The number of carbonyl (C=O) groups is 1. The van der Waals surface area contributed by atoms with Gasteiger partial charge in [0.1, 0.15) is 11.6 Å². The highest BCUT2D eigenvalue weighted by molar-refractivity contribution is 6.30. The molecule has 1 unspecified atom stereocenters. The largest absolute Gasteiger partial charge is 0.480 e. The van der Waals surface area contributed by atoms with Gasteiger partial charge in [0, 0.05) is 35.7 Å². The van der Waals surface area contributed by atoms with Crippen molar-refractivity contribution < 1.29 is 9.53 Å². The number of fused-ring (bicyclic) bond motifs is 2. The SMILES string of the molecule is O=C(Nc1ccc(-c2nnc3n2CCCCC3)cc1)C1Cc2cc(Cl)ccc2O1. The Morgan fingerprint density at radius 3 is 2.83 bits per heavy atom. The van der Waals surface area contributed by atoms with Crippen LogP contribution in [0.15, 0.2) is 42.5 Å². The molecule has 1 atom stereocenters. The van der Waals surface area contributed by atoms with E-state index in [0.29, 0.717) is 11.4 Å². The number of halogens is 1. The molecule has 0 spiro atoms. The van der Waals surface area contributed by atoms with Crippen molar-refractivity contribution in [3.8, 4) is 17.1 Å². The number of nitrogens with zero attached hydrogens (tertiary/aromatic N) is 3. The molecule has 3 heterocycles. The molecule has 3 aromatic rings. The molecule has 29 heavy (non-hydrogen) atoms. The summed E-state index contributed by atoms with van der Waals surface area (Å²) in [7, 11) is 0. The van der Waals surface area contributed by atoms with Crippen molar-refractivity contribution >= 4 is 23.2 Å². The summed E-state index contributed by atoms with van der Waals surface area (Å²) in [4.78, 5) is 12.6. The first-order valence-electron chi connectivity index (χ1n) is 9.96. The van der Waals surface area contributed by atoms with E-state index in [4.69, 9.17) is 16.3 Å². The summed E-state index contributed by atoms with van der Waals surface area (Å²) in [6.45, 7) is 0.958. The second-order valence-electron chi connectivity index (χ2n) is 7.53. The van der Waals surface area contributed by atoms with E-state index in [-0.39, 0.29) is 5.91 Å². The number of anilines is 1. The van der Waals surface area contributed by atoms with Crippen LogP contribution in [0.25, 0.3) is 11.4 Å². The molecule has 1 amide bonds. The quantitative estimate of drug-likeness (QED) is 0.702.